The van der Waals surface area contributed by atoms with Crippen LogP contribution < -0.4 is 10.8 Å². The van der Waals surface area contributed by atoms with Gasteiger partial charge in [-0.3, -0.25) is 20.1 Å². The van der Waals surface area contributed by atoms with E-state index in [2.05, 4.69) is 5.32 Å². The minimum Gasteiger partial charge on any atom is -0.480 e. The Kier molecular flexibility index (Phi) is 6.77. The Morgan fingerprint density at radius 1 is 1.03 bits per heavy atom. The summed E-state index contributed by atoms with van der Waals surface area (Å²) < 4.78 is 0. The van der Waals surface area contributed by atoms with E-state index in [0.717, 1.165) is 43.2 Å². The van der Waals surface area contributed by atoms with Gasteiger partial charge in [0.1, 0.15) is 5.54 Å². The normalized spacial score (nSPS) is 28.0. The fourth-order valence-corrected chi connectivity index (χ4v) is 6.55. The van der Waals surface area contributed by atoms with Crippen LogP contribution in [-0.2, 0) is 16.1 Å². The summed E-state index contributed by atoms with van der Waals surface area (Å²) in [6.45, 7) is 0.526. The van der Waals surface area contributed by atoms with E-state index >= 15 is 0 Å². The summed E-state index contributed by atoms with van der Waals surface area (Å²) in [5, 5.41) is 22.8. The molecule has 3 unspecified atom stereocenters. The van der Waals surface area contributed by atoms with Gasteiger partial charge < -0.3 is 5.11 Å². The zero-order chi connectivity index (χ0) is 21.8. The lowest BCUT2D eigenvalue weighted by atomic mass is 9.63. The Balaban J connectivity index is 1.53. The molecular formula is C25H34N2O4. The molecule has 4 N–H and O–H groups in total. The highest BCUT2D eigenvalue weighted by molar-refractivity contribution is 5.90. The number of carbonyl (C=O) groups is 2. The van der Waals surface area contributed by atoms with Crippen LogP contribution in [0.4, 0.5) is 0 Å². The highest BCUT2D eigenvalue weighted by atomic mass is 16.5. The first-order chi connectivity index (χ1) is 15.0. The van der Waals surface area contributed by atoms with Crippen LogP contribution >= 0.6 is 0 Å². The monoisotopic (exact) mass is 426 g/mol. The summed E-state index contributed by atoms with van der Waals surface area (Å²) in [7, 11) is 0. The van der Waals surface area contributed by atoms with Gasteiger partial charge in [0.2, 0.25) is 0 Å². The van der Waals surface area contributed by atoms with Gasteiger partial charge in [-0.2, -0.15) is 0 Å². The average Bonchev–Trinajstić information content (AvgIpc) is 3.43. The minimum atomic E-state index is -0.835. The maximum absolute atomic E-state index is 12.9. The fourth-order valence-electron chi connectivity index (χ4n) is 6.55. The molecule has 3 aliphatic rings. The van der Waals surface area contributed by atoms with Gasteiger partial charge in [0.15, 0.2) is 0 Å². The minimum absolute atomic E-state index is 0.197. The number of hydroxylamine groups is 1. The van der Waals surface area contributed by atoms with Crippen molar-refractivity contribution >= 4 is 18.0 Å². The standard InChI is InChI=1S/C25H34N2O4/c28-23(27-31)13-11-17-6-8-18(9-7-17)16-26-25(24(29)30,21-4-2-1-3-5-21)22-15-19-10-12-20(22)14-19/h6-9,11,13,19-22,26,31H,1-5,10,12,14-16H2,(H,27,28)(H,29,30)/b13-11+/t19?,20?,22?,25-/m0/s1. The molecule has 1 aromatic carbocycles. The zero-order valence-electron chi connectivity index (χ0n) is 18.1. The Labute approximate surface area is 184 Å². The van der Waals surface area contributed by atoms with Crippen molar-refractivity contribution in [3.8, 4) is 0 Å². The molecule has 0 radical (unpaired) electrons. The predicted molar refractivity (Wildman–Crippen MR) is 118 cm³/mol. The Morgan fingerprint density at radius 2 is 1.77 bits per heavy atom. The number of hydrogen-bond acceptors (Lipinski definition) is 4. The summed E-state index contributed by atoms with van der Waals surface area (Å²) in [6.07, 6.45) is 13.1. The zero-order valence-corrected chi connectivity index (χ0v) is 18.1. The number of carboxylic acid groups (broad SMARTS) is 1. The molecular weight excluding hydrogens is 392 g/mol. The van der Waals surface area contributed by atoms with E-state index in [4.69, 9.17) is 5.21 Å². The van der Waals surface area contributed by atoms with E-state index in [9.17, 15) is 14.7 Å². The fraction of sp³-hybridized carbons (Fsp3) is 0.600. The van der Waals surface area contributed by atoms with Crippen LogP contribution in [0.15, 0.2) is 30.3 Å². The molecule has 0 aromatic heterocycles. The second kappa shape index (κ2) is 9.53. The molecule has 168 valence electrons. The number of hydrogen-bond donors (Lipinski definition) is 4. The lowest BCUT2D eigenvalue weighted by molar-refractivity contribution is -0.153. The van der Waals surface area contributed by atoms with Crippen molar-refractivity contribution in [1.29, 1.82) is 0 Å². The number of fused-ring (bicyclic) bond motifs is 2. The highest BCUT2D eigenvalue weighted by Crippen LogP contribution is 2.55. The smallest absolute Gasteiger partial charge is 0.324 e. The maximum atomic E-state index is 12.9. The Bertz CT molecular complexity index is 815. The molecule has 0 aliphatic heterocycles. The van der Waals surface area contributed by atoms with Gasteiger partial charge in [0.05, 0.1) is 0 Å². The molecule has 3 aliphatic carbocycles. The summed E-state index contributed by atoms with van der Waals surface area (Å²) in [4.78, 5) is 24.1. The van der Waals surface area contributed by atoms with Crippen molar-refractivity contribution in [2.24, 2.45) is 23.7 Å². The van der Waals surface area contributed by atoms with Crippen molar-refractivity contribution in [3.05, 3.63) is 41.5 Å². The largest absolute Gasteiger partial charge is 0.480 e. The number of aliphatic carboxylic acids is 1. The Hall–Kier alpha value is -2.18. The van der Waals surface area contributed by atoms with Gasteiger partial charge >= 0.3 is 5.97 Å². The lowest BCUT2D eigenvalue weighted by Gasteiger charge is -2.47. The number of benzene rings is 1. The summed E-state index contributed by atoms with van der Waals surface area (Å²) in [6, 6.07) is 7.74. The van der Waals surface area contributed by atoms with Gasteiger partial charge in [-0.05, 0) is 73.0 Å². The van der Waals surface area contributed by atoms with E-state index in [1.807, 2.05) is 24.3 Å². The van der Waals surface area contributed by atoms with Gasteiger partial charge in [0.25, 0.3) is 5.91 Å². The van der Waals surface area contributed by atoms with Crippen molar-refractivity contribution in [1.82, 2.24) is 10.8 Å². The number of rotatable bonds is 8. The number of nitrogens with one attached hydrogen (secondary N) is 2. The van der Waals surface area contributed by atoms with Crippen molar-refractivity contribution < 1.29 is 19.9 Å². The Morgan fingerprint density at radius 3 is 2.35 bits per heavy atom. The number of carbonyl (C=O) groups excluding carboxylic acids is 1. The first-order valence-electron chi connectivity index (χ1n) is 11.7. The molecule has 0 heterocycles. The van der Waals surface area contributed by atoms with Gasteiger partial charge in [0, 0.05) is 12.6 Å². The SMILES string of the molecule is O=C(/C=C/c1ccc(CN[C@@](C(=O)O)(C2CCCCC2)C2CC3CCC2C3)cc1)NO. The third-order valence-corrected chi connectivity index (χ3v) is 8.03. The van der Waals surface area contributed by atoms with E-state index < -0.39 is 17.4 Å². The van der Waals surface area contributed by atoms with Crippen LogP contribution in [0.5, 0.6) is 0 Å². The molecule has 1 amide bonds. The first-order valence-corrected chi connectivity index (χ1v) is 11.7. The molecule has 3 fully saturated rings. The third kappa shape index (κ3) is 4.55. The van der Waals surface area contributed by atoms with Gasteiger partial charge in [-0.25, -0.2) is 5.48 Å². The quantitative estimate of drug-likeness (QED) is 0.285. The lowest BCUT2D eigenvalue weighted by Crippen LogP contribution is -2.63. The molecule has 4 rings (SSSR count). The molecule has 0 saturated heterocycles. The van der Waals surface area contributed by atoms with Crippen LogP contribution in [0.25, 0.3) is 6.08 Å². The van der Waals surface area contributed by atoms with E-state index in [1.54, 1.807) is 11.6 Å². The van der Waals surface area contributed by atoms with Crippen molar-refractivity contribution in [3.63, 3.8) is 0 Å². The van der Waals surface area contributed by atoms with E-state index in [-0.39, 0.29) is 11.8 Å². The van der Waals surface area contributed by atoms with E-state index in [1.165, 1.54) is 31.8 Å². The first kappa shape index (κ1) is 22.0. The van der Waals surface area contributed by atoms with Crippen LogP contribution in [0, 0.1) is 23.7 Å². The molecule has 6 nitrogen and oxygen atoms in total. The summed E-state index contributed by atoms with van der Waals surface area (Å²) >= 11 is 0. The third-order valence-electron chi connectivity index (χ3n) is 8.03. The molecule has 0 spiro atoms. The van der Waals surface area contributed by atoms with Crippen LogP contribution in [-0.4, -0.2) is 27.7 Å². The molecule has 4 atom stereocenters. The van der Waals surface area contributed by atoms with Crippen LogP contribution in [0.1, 0.15) is 68.9 Å². The summed E-state index contributed by atoms with van der Waals surface area (Å²) in [5.41, 5.74) is 2.62. The maximum Gasteiger partial charge on any atom is 0.324 e. The highest BCUT2D eigenvalue weighted by Gasteiger charge is 2.57. The molecule has 2 bridgehead atoms. The summed E-state index contributed by atoms with van der Waals surface area (Å²) in [5.74, 6) is 0.442. The van der Waals surface area contributed by atoms with Gasteiger partial charge in [-0.1, -0.05) is 49.9 Å². The molecule has 6 heteroatoms. The van der Waals surface area contributed by atoms with Crippen LogP contribution in [0.2, 0.25) is 0 Å². The molecule has 1 aromatic rings. The second-order valence-electron chi connectivity index (χ2n) is 9.69. The number of carboxylic acids is 1. The van der Waals surface area contributed by atoms with Crippen molar-refractivity contribution in [2.45, 2.75) is 69.9 Å². The molecule has 31 heavy (non-hydrogen) atoms. The van der Waals surface area contributed by atoms with Crippen molar-refractivity contribution in [2.75, 3.05) is 0 Å². The molecule has 3 saturated carbocycles. The predicted octanol–water partition coefficient (Wildman–Crippen LogP) is 4.13. The average molecular weight is 427 g/mol. The second-order valence-corrected chi connectivity index (χ2v) is 9.69. The van der Waals surface area contributed by atoms with E-state index in [0.29, 0.717) is 18.4 Å². The topological polar surface area (TPSA) is 98.7 Å². The van der Waals surface area contributed by atoms with Crippen LogP contribution in [0.3, 0.4) is 0 Å². The number of amides is 1. The van der Waals surface area contributed by atoms with Gasteiger partial charge in [-0.15, -0.1) is 0 Å².